The van der Waals surface area contributed by atoms with Crippen LogP contribution >= 0.6 is 0 Å². The van der Waals surface area contributed by atoms with Gasteiger partial charge in [-0.3, -0.25) is 0 Å². The van der Waals surface area contributed by atoms with Crippen LogP contribution in [0.5, 0.6) is 0 Å². The first-order chi connectivity index (χ1) is 3.81. The van der Waals surface area contributed by atoms with E-state index in [9.17, 15) is 0 Å². The molecule has 0 aliphatic carbocycles. The number of halogens is 1. The van der Waals surface area contributed by atoms with Crippen molar-refractivity contribution in [3.63, 3.8) is 0 Å². The minimum Gasteiger partial charge on any atom is -1.00 e. The molecule has 0 aromatic carbocycles. The van der Waals surface area contributed by atoms with Gasteiger partial charge in [0.25, 0.3) is 0 Å². The van der Waals surface area contributed by atoms with Crippen molar-refractivity contribution < 1.29 is 19.8 Å². The van der Waals surface area contributed by atoms with Gasteiger partial charge in [0.1, 0.15) is 13.1 Å². The first-order valence-corrected chi connectivity index (χ1v) is 2.84. The molecule has 0 amide bonds. The van der Waals surface area contributed by atoms with Gasteiger partial charge in [-0.25, -0.2) is 0 Å². The van der Waals surface area contributed by atoms with Gasteiger partial charge < -0.3 is 19.8 Å². The van der Waals surface area contributed by atoms with Crippen LogP contribution in [0.15, 0.2) is 0 Å². The zero-order chi connectivity index (χ0) is 6.41. The SMILES string of the molecule is C[NH+](CCO)CCO.[F-]. The summed E-state index contributed by atoms with van der Waals surface area (Å²) >= 11 is 0. The molecule has 0 atom stereocenters. The van der Waals surface area contributed by atoms with Gasteiger partial charge in [-0.2, -0.15) is 0 Å². The van der Waals surface area contributed by atoms with Crippen molar-refractivity contribution in [2.45, 2.75) is 0 Å². The maximum Gasteiger partial charge on any atom is 0.100 e. The molecule has 0 saturated heterocycles. The number of nitrogens with one attached hydrogen (secondary N) is 1. The van der Waals surface area contributed by atoms with Gasteiger partial charge in [0, 0.05) is 0 Å². The Balaban J connectivity index is 0. The highest BCUT2D eigenvalue weighted by Crippen LogP contribution is 1.45. The Kier molecular flexibility index (Phi) is 10.1. The van der Waals surface area contributed by atoms with E-state index in [1.54, 1.807) is 0 Å². The molecule has 0 aromatic heterocycles. The summed E-state index contributed by atoms with van der Waals surface area (Å²) in [7, 11) is 1.94. The molecule has 0 heterocycles. The predicted molar refractivity (Wildman–Crippen MR) is 30.8 cm³/mol. The molecule has 0 bridgehead atoms. The number of hydrogen-bond acceptors (Lipinski definition) is 2. The average molecular weight is 139 g/mol. The lowest BCUT2D eigenvalue weighted by Crippen LogP contribution is -3.10. The molecule has 0 spiro atoms. The third-order valence-electron chi connectivity index (χ3n) is 1.08. The van der Waals surface area contributed by atoms with E-state index in [0.717, 1.165) is 18.0 Å². The predicted octanol–water partition coefficient (Wildman–Crippen LogP) is -5.51. The zero-order valence-electron chi connectivity index (χ0n) is 5.60. The van der Waals surface area contributed by atoms with Crippen LogP contribution in [0.2, 0.25) is 0 Å². The van der Waals surface area contributed by atoms with Gasteiger partial charge in [-0.15, -0.1) is 0 Å². The van der Waals surface area contributed by atoms with E-state index in [1.807, 2.05) is 7.05 Å². The van der Waals surface area contributed by atoms with Crippen LogP contribution in [0.3, 0.4) is 0 Å². The molecular weight excluding hydrogens is 125 g/mol. The normalized spacial score (nSPS) is 9.33. The zero-order valence-corrected chi connectivity index (χ0v) is 5.60. The first kappa shape index (κ1) is 11.6. The Morgan fingerprint density at radius 2 is 1.44 bits per heavy atom. The van der Waals surface area contributed by atoms with Crippen LogP contribution in [0.1, 0.15) is 0 Å². The fourth-order valence-corrected chi connectivity index (χ4v) is 0.507. The molecule has 4 heteroatoms. The standard InChI is InChI=1S/C5H13NO2.FH/c1-6(2-4-7)3-5-8;/h7-8H,2-5H2,1H3;1H. The lowest BCUT2D eigenvalue weighted by molar-refractivity contribution is -0.880. The summed E-state index contributed by atoms with van der Waals surface area (Å²) in [5, 5.41) is 16.7. The van der Waals surface area contributed by atoms with E-state index in [2.05, 4.69) is 0 Å². The number of aliphatic hydroxyl groups is 2. The van der Waals surface area contributed by atoms with Crippen LogP contribution in [0, 0.1) is 0 Å². The topological polar surface area (TPSA) is 44.9 Å². The maximum atomic E-state index is 8.36. The highest BCUT2D eigenvalue weighted by atomic mass is 19.0. The quantitative estimate of drug-likeness (QED) is 0.364. The summed E-state index contributed by atoms with van der Waals surface area (Å²) in [6.45, 7) is 1.85. The summed E-state index contributed by atoms with van der Waals surface area (Å²) in [5.41, 5.74) is 0. The molecule has 0 rings (SSSR count). The average Bonchev–Trinajstić information content (AvgIpc) is 1.68. The van der Waals surface area contributed by atoms with E-state index >= 15 is 0 Å². The van der Waals surface area contributed by atoms with Crippen molar-refractivity contribution >= 4 is 0 Å². The second-order valence-electron chi connectivity index (χ2n) is 1.90. The number of hydrogen-bond donors (Lipinski definition) is 3. The van der Waals surface area contributed by atoms with Crippen LogP contribution in [-0.4, -0.2) is 43.6 Å². The summed E-state index contributed by atoms with van der Waals surface area (Å²) in [4.78, 5) is 1.16. The number of aliphatic hydroxyl groups excluding tert-OH is 2. The van der Waals surface area contributed by atoms with Crippen LogP contribution in [-0.2, 0) is 0 Å². The lowest BCUT2D eigenvalue weighted by atomic mass is 10.5. The molecule has 0 aromatic rings. The third-order valence-corrected chi connectivity index (χ3v) is 1.08. The highest BCUT2D eigenvalue weighted by molar-refractivity contribution is 4.20. The summed E-state index contributed by atoms with van der Waals surface area (Å²) in [6, 6.07) is 0. The van der Waals surface area contributed by atoms with Crippen molar-refractivity contribution in [1.29, 1.82) is 0 Å². The van der Waals surface area contributed by atoms with Gasteiger partial charge in [0.05, 0.1) is 20.3 Å². The molecule has 58 valence electrons. The highest BCUT2D eigenvalue weighted by Gasteiger charge is 1.95. The molecule has 0 saturated carbocycles. The van der Waals surface area contributed by atoms with Gasteiger partial charge in [0.2, 0.25) is 0 Å². The monoisotopic (exact) mass is 139 g/mol. The Bertz CT molecular complexity index is 48.2. The molecule has 9 heavy (non-hydrogen) atoms. The minimum atomic E-state index is 0. The largest absolute Gasteiger partial charge is 1.00 e. The van der Waals surface area contributed by atoms with E-state index in [1.165, 1.54) is 0 Å². The molecular formula is C5H14FNO2. The number of likely N-dealkylation sites (N-methyl/N-ethyl adjacent to an activating group) is 1. The summed E-state index contributed by atoms with van der Waals surface area (Å²) in [6.07, 6.45) is 0. The molecule has 0 aliphatic heterocycles. The van der Waals surface area contributed by atoms with Gasteiger partial charge in [0.15, 0.2) is 0 Å². The van der Waals surface area contributed by atoms with Crippen LogP contribution in [0.4, 0.5) is 0 Å². The van der Waals surface area contributed by atoms with E-state index in [0.29, 0.717) is 0 Å². The van der Waals surface area contributed by atoms with Crippen molar-refractivity contribution in [2.24, 2.45) is 0 Å². The number of quaternary nitrogens is 1. The Morgan fingerprint density at radius 3 is 1.67 bits per heavy atom. The lowest BCUT2D eigenvalue weighted by Gasteiger charge is -2.08. The fraction of sp³-hybridized carbons (Fsp3) is 1.00. The molecule has 0 aliphatic rings. The molecule has 0 radical (unpaired) electrons. The molecule has 3 N–H and O–H groups in total. The second-order valence-corrected chi connectivity index (χ2v) is 1.90. The minimum absolute atomic E-state index is 0. The Morgan fingerprint density at radius 1 is 1.11 bits per heavy atom. The maximum absolute atomic E-state index is 8.36. The number of rotatable bonds is 4. The second kappa shape index (κ2) is 7.81. The van der Waals surface area contributed by atoms with Crippen molar-refractivity contribution in [1.82, 2.24) is 0 Å². The molecule has 0 fully saturated rings. The smallest absolute Gasteiger partial charge is 0.100 e. The Labute approximate surface area is 54.3 Å². The van der Waals surface area contributed by atoms with Crippen molar-refractivity contribution in [2.75, 3.05) is 33.4 Å². The van der Waals surface area contributed by atoms with Gasteiger partial charge in [-0.1, -0.05) is 0 Å². The fourth-order valence-electron chi connectivity index (χ4n) is 0.507. The molecule has 3 nitrogen and oxygen atoms in total. The van der Waals surface area contributed by atoms with E-state index in [4.69, 9.17) is 10.2 Å². The van der Waals surface area contributed by atoms with Crippen molar-refractivity contribution in [3.05, 3.63) is 0 Å². The van der Waals surface area contributed by atoms with E-state index < -0.39 is 0 Å². The van der Waals surface area contributed by atoms with Crippen molar-refractivity contribution in [3.8, 4) is 0 Å². The van der Waals surface area contributed by atoms with E-state index in [-0.39, 0.29) is 17.9 Å². The van der Waals surface area contributed by atoms with Crippen LogP contribution in [0.25, 0.3) is 0 Å². The van der Waals surface area contributed by atoms with Gasteiger partial charge >= 0.3 is 0 Å². The third kappa shape index (κ3) is 7.81. The first-order valence-electron chi connectivity index (χ1n) is 2.84. The van der Waals surface area contributed by atoms with Gasteiger partial charge in [-0.05, 0) is 0 Å². The Hall–Kier alpha value is -0.190. The summed E-state index contributed by atoms with van der Waals surface area (Å²) in [5.74, 6) is 0. The summed E-state index contributed by atoms with van der Waals surface area (Å²) < 4.78 is 0. The molecule has 0 unspecified atom stereocenters. The van der Waals surface area contributed by atoms with Crippen LogP contribution < -0.4 is 9.60 Å².